The first-order valence-corrected chi connectivity index (χ1v) is 5.39. The quantitative estimate of drug-likeness (QED) is 0.649. The lowest BCUT2D eigenvalue weighted by molar-refractivity contribution is 0.0814. The summed E-state index contributed by atoms with van der Waals surface area (Å²) < 4.78 is 5.61. The van der Waals surface area contributed by atoms with Gasteiger partial charge in [-0.25, -0.2) is 0 Å². The predicted molar refractivity (Wildman–Crippen MR) is 62.3 cm³/mol. The van der Waals surface area contributed by atoms with E-state index in [1.54, 1.807) is 32.0 Å². The Morgan fingerprint density at radius 3 is 2.29 bits per heavy atom. The highest BCUT2D eigenvalue weighted by atomic mass is 16.3. The van der Waals surface area contributed by atoms with Crippen molar-refractivity contribution in [2.75, 3.05) is 0 Å². The molecule has 17 heavy (non-hydrogen) atoms. The summed E-state index contributed by atoms with van der Waals surface area (Å²) in [4.78, 5) is 24.0. The summed E-state index contributed by atoms with van der Waals surface area (Å²) in [5, 5.41) is 0. The van der Waals surface area contributed by atoms with E-state index in [2.05, 4.69) is 0 Å². The van der Waals surface area contributed by atoms with Crippen LogP contribution in [0.1, 0.15) is 32.0 Å². The van der Waals surface area contributed by atoms with E-state index in [0.29, 0.717) is 28.2 Å². The molecule has 3 rings (SSSR count). The van der Waals surface area contributed by atoms with E-state index in [-0.39, 0.29) is 0 Å². The van der Waals surface area contributed by atoms with Crippen LogP contribution in [0.2, 0.25) is 0 Å². The van der Waals surface area contributed by atoms with Crippen LogP contribution in [0.4, 0.5) is 0 Å². The van der Waals surface area contributed by atoms with E-state index < -0.39 is 11.6 Å². The van der Waals surface area contributed by atoms with E-state index >= 15 is 0 Å². The molecule has 3 heteroatoms. The van der Waals surface area contributed by atoms with Crippen molar-refractivity contribution >= 4 is 11.6 Å². The summed E-state index contributed by atoms with van der Waals surface area (Å²) in [6.45, 7) is 3.60. The number of hydrogen-bond acceptors (Lipinski definition) is 3. The number of carbonyl (C=O) groups is 2. The fourth-order valence-corrected chi connectivity index (χ4v) is 2.21. The van der Waals surface area contributed by atoms with E-state index in [1.165, 1.54) is 0 Å². The van der Waals surface area contributed by atoms with Crippen LogP contribution in [0, 0.1) is 13.8 Å². The second-order valence-electron chi connectivity index (χ2n) is 4.19. The summed E-state index contributed by atoms with van der Waals surface area (Å²) in [7, 11) is 0. The Hall–Kier alpha value is -2.16. The van der Waals surface area contributed by atoms with Gasteiger partial charge in [-0.1, -0.05) is 24.3 Å². The van der Waals surface area contributed by atoms with E-state index in [9.17, 15) is 9.59 Å². The molecule has 0 spiro atoms. The molecule has 0 radical (unpaired) electrons. The van der Waals surface area contributed by atoms with Gasteiger partial charge in [0.15, 0.2) is 0 Å². The van der Waals surface area contributed by atoms with E-state index in [4.69, 9.17) is 4.42 Å². The van der Waals surface area contributed by atoms with Crippen LogP contribution in [0.5, 0.6) is 0 Å². The minimum absolute atomic E-state index is 0.422. The third-order valence-corrected chi connectivity index (χ3v) is 3.23. The molecule has 1 aromatic heterocycles. The number of benzene rings is 1. The summed E-state index contributed by atoms with van der Waals surface area (Å²) >= 11 is 0. The molecule has 3 nitrogen and oxygen atoms in total. The first kappa shape index (κ1) is 10.0. The maximum atomic E-state index is 12.0. The van der Waals surface area contributed by atoms with Crippen molar-refractivity contribution in [2.45, 2.75) is 13.8 Å². The van der Waals surface area contributed by atoms with Gasteiger partial charge in [0.2, 0.25) is 11.6 Å². The van der Waals surface area contributed by atoms with Crippen molar-refractivity contribution in [3.63, 3.8) is 0 Å². The van der Waals surface area contributed by atoms with Crippen LogP contribution in [0.25, 0.3) is 11.3 Å². The van der Waals surface area contributed by atoms with Crippen LogP contribution < -0.4 is 0 Å². The van der Waals surface area contributed by atoms with Gasteiger partial charge >= 0.3 is 0 Å². The number of carbonyl (C=O) groups excluding carboxylic acids is 2. The Morgan fingerprint density at radius 1 is 0.941 bits per heavy atom. The molecule has 0 aliphatic heterocycles. The summed E-state index contributed by atoms with van der Waals surface area (Å²) in [5.41, 5.74) is 2.32. The number of furan rings is 1. The molecule has 0 bridgehead atoms. The zero-order valence-electron chi connectivity index (χ0n) is 9.53. The molecule has 84 valence electrons. The highest BCUT2D eigenvalue weighted by Gasteiger charge is 2.35. The van der Waals surface area contributed by atoms with Crippen LogP contribution in [0.3, 0.4) is 0 Å². The predicted octanol–water partition coefficient (Wildman–Crippen LogP) is 2.94. The lowest BCUT2D eigenvalue weighted by Gasteiger charge is -2.12. The molecule has 0 amide bonds. The fraction of sp³-hybridized carbons (Fsp3) is 0.143. The summed E-state index contributed by atoms with van der Waals surface area (Å²) in [6, 6.07) is 7.04. The van der Waals surface area contributed by atoms with Crippen LogP contribution in [-0.4, -0.2) is 11.6 Å². The Morgan fingerprint density at radius 2 is 1.59 bits per heavy atom. The highest BCUT2D eigenvalue weighted by molar-refractivity contribution is 6.53. The van der Waals surface area contributed by atoms with Crippen LogP contribution >= 0.6 is 0 Å². The minimum Gasteiger partial charge on any atom is -0.460 e. The van der Waals surface area contributed by atoms with Gasteiger partial charge in [0.05, 0.1) is 5.56 Å². The maximum Gasteiger partial charge on any atom is 0.237 e. The standard InChI is InChI=1S/C14H10O3/c1-7-8(2)17-14-10-6-4-3-5-9(10)12(15)13(16)11(7)14/h3-6H,1-2H3. The van der Waals surface area contributed by atoms with E-state index in [1.807, 2.05) is 6.07 Å². The molecule has 0 saturated heterocycles. The first-order valence-electron chi connectivity index (χ1n) is 5.39. The van der Waals surface area contributed by atoms with Crippen molar-refractivity contribution in [1.82, 2.24) is 0 Å². The molecule has 1 aromatic carbocycles. The zero-order chi connectivity index (χ0) is 12.2. The molecule has 1 aliphatic carbocycles. The molecular weight excluding hydrogens is 216 g/mol. The summed E-state index contributed by atoms with van der Waals surface area (Å²) in [5.74, 6) is 0.304. The molecular formula is C14H10O3. The Bertz CT molecular complexity index is 662. The molecule has 0 atom stereocenters. The van der Waals surface area contributed by atoms with Gasteiger partial charge in [0.25, 0.3) is 0 Å². The molecule has 2 aromatic rings. The van der Waals surface area contributed by atoms with Crippen molar-refractivity contribution in [3.05, 3.63) is 46.7 Å². The lowest BCUT2D eigenvalue weighted by atomic mass is 9.87. The smallest absolute Gasteiger partial charge is 0.237 e. The van der Waals surface area contributed by atoms with Crippen molar-refractivity contribution in [1.29, 1.82) is 0 Å². The number of Topliss-reactive ketones (excluding diaryl/α,β-unsaturated/α-hetero) is 2. The second kappa shape index (κ2) is 3.17. The average Bonchev–Trinajstić information content (AvgIpc) is 2.63. The molecule has 0 fully saturated rings. The van der Waals surface area contributed by atoms with E-state index in [0.717, 1.165) is 5.56 Å². The SMILES string of the molecule is Cc1oc2c(c1C)C(=O)C(=O)c1ccccc1-2. The largest absolute Gasteiger partial charge is 0.460 e. The van der Waals surface area contributed by atoms with Gasteiger partial charge < -0.3 is 4.42 Å². The monoisotopic (exact) mass is 226 g/mol. The highest BCUT2D eigenvalue weighted by Crippen LogP contribution is 2.37. The van der Waals surface area contributed by atoms with Gasteiger partial charge in [-0.2, -0.15) is 0 Å². The van der Waals surface area contributed by atoms with Crippen LogP contribution in [0.15, 0.2) is 28.7 Å². The topological polar surface area (TPSA) is 47.3 Å². The number of aryl methyl sites for hydroxylation is 1. The van der Waals surface area contributed by atoms with Crippen molar-refractivity contribution in [2.24, 2.45) is 0 Å². The Balaban J connectivity index is 2.44. The average molecular weight is 226 g/mol. The molecule has 0 saturated carbocycles. The molecule has 0 unspecified atom stereocenters. The number of ketones is 2. The van der Waals surface area contributed by atoms with Gasteiger partial charge in [0, 0.05) is 16.7 Å². The number of hydrogen-bond donors (Lipinski definition) is 0. The molecule has 1 heterocycles. The number of fused-ring (bicyclic) bond motifs is 3. The van der Waals surface area contributed by atoms with Gasteiger partial charge in [0.1, 0.15) is 11.5 Å². The molecule has 1 aliphatic rings. The normalized spacial score (nSPS) is 13.5. The Kier molecular flexibility index (Phi) is 1.87. The van der Waals surface area contributed by atoms with Crippen LogP contribution in [-0.2, 0) is 0 Å². The van der Waals surface area contributed by atoms with Gasteiger partial charge in [-0.05, 0) is 13.8 Å². The number of rotatable bonds is 0. The second-order valence-corrected chi connectivity index (χ2v) is 4.19. The summed E-state index contributed by atoms with van der Waals surface area (Å²) in [6.07, 6.45) is 0. The zero-order valence-corrected chi connectivity index (χ0v) is 9.53. The van der Waals surface area contributed by atoms with Gasteiger partial charge in [-0.3, -0.25) is 9.59 Å². The third-order valence-electron chi connectivity index (χ3n) is 3.23. The lowest BCUT2D eigenvalue weighted by Crippen LogP contribution is -2.20. The van der Waals surface area contributed by atoms with Crippen molar-refractivity contribution < 1.29 is 14.0 Å². The first-order chi connectivity index (χ1) is 8.11. The third kappa shape index (κ3) is 1.16. The van der Waals surface area contributed by atoms with Gasteiger partial charge in [-0.15, -0.1) is 0 Å². The van der Waals surface area contributed by atoms with Crippen molar-refractivity contribution in [3.8, 4) is 11.3 Å². The molecule has 0 N–H and O–H groups in total. The Labute approximate surface area is 98.1 Å². The minimum atomic E-state index is -0.465. The fourth-order valence-electron chi connectivity index (χ4n) is 2.21. The maximum absolute atomic E-state index is 12.0.